The molecule has 1 unspecified atom stereocenters. The highest BCUT2D eigenvalue weighted by Crippen LogP contribution is 2.28. The molecule has 0 aliphatic carbocycles. The summed E-state index contributed by atoms with van der Waals surface area (Å²) in [5.41, 5.74) is 5.83. The number of amides is 1. The molecule has 0 aromatic carbocycles. The molecule has 0 radical (unpaired) electrons. The molecule has 0 saturated carbocycles. The second-order valence-electron chi connectivity index (χ2n) is 4.55. The van der Waals surface area contributed by atoms with Gasteiger partial charge in [-0.3, -0.25) is 4.79 Å². The van der Waals surface area contributed by atoms with Gasteiger partial charge in [-0.05, 0) is 17.9 Å². The minimum absolute atomic E-state index is 0.0202. The van der Waals surface area contributed by atoms with Crippen molar-refractivity contribution in [2.45, 2.75) is 19.4 Å². The Hall–Kier alpha value is -1.60. The maximum atomic E-state index is 12.3. The minimum Gasteiger partial charge on any atom is -0.382 e. The first kappa shape index (κ1) is 14.8. The number of hydrogen-bond acceptors (Lipinski definition) is 6. The Bertz CT molecular complexity index is 577. The molecule has 0 fully saturated rings. The molecular weight excluding hydrogens is 292 g/mol. The van der Waals surface area contributed by atoms with Gasteiger partial charge in [-0.1, -0.05) is 24.3 Å². The largest absolute Gasteiger partial charge is 0.382 e. The smallest absolute Gasteiger partial charge is 0.265 e. The van der Waals surface area contributed by atoms with Crippen molar-refractivity contribution in [3.05, 3.63) is 27.3 Å². The molecule has 3 N–H and O–H groups in total. The van der Waals surface area contributed by atoms with Gasteiger partial charge in [0.25, 0.3) is 5.91 Å². The zero-order valence-electron chi connectivity index (χ0n) is 11.7. The van der Waals surface area contributed by atoms with Crippen LogP contribution in [0.3, 0.4) is 0 Å². The van der Waals surface area contributed by atoms with E-state index in [1.807, 2.05) is 43.4 Å². The van der Waals surface area contributed by atoms with Crippen LogP contribution in [0.15, 0.2) is 17.5 Å². The van der Waals surface area contributed by atoms with Crippen LogP contribution in [0.2, 0.25) is 0 Å². The first-order valence-electron chi connectivity index (χ1n) is 6.30. The Morgan fingerprint density at radius 1 is 1.55 bits per heavy atom. The Kier molecular flexibility index (Phi) is 4.61. The van der Waals surface area contributed by atoms with E-state index in [1.165, 1.54) is 11.3 Å². The van der Waals surface area contributed by atoms with Crippen molar-refractivity contribution >= 4 is 39.5 Å². The summed E-state index contributed by atoms with van der Waals surface area (Å²) in [6, 6.07) is 4.03. The van der Waals surface area contributed by atoms with Gasteiger partial charge in [0.15, 0.2) is 5.13 Å². The number of anilines is 2. The minimum atomic E-state index is -0.159. The van der Waals surface area contributed by atoms with Crippen LogP contribution < -0.4 is 16.0 Å². The summed E-state index contributed by atoms with van der Waals surface area (Å²) in [4.78, 5) is 20.0. The third-order valence-electron chi connectivity index (χ3n) is 2.83. The average molecular weight is 310 g/mol. The molecule has 108 valence electrons. The normalized spacial score (nSPS) is 12.2. The van der Waals surface area contributed by atoms with Gasteiger partial charge in [-0.25, -0.2) is 4.98 Å². The number of thiophene rings is 1. The summed E-state index contributed by atoms with van der Waals surface area (Å²) in [6.45, 7) is 2.05. The van der Waals surface area contributed by atoms with Crippen LogP contribution in [0.1, 0.15) is 33.9 Å². The van der Waals surface area contributed by atoms with E-state index in [1.54, 1.807) is 11.3 Å². The zero-order valence-corrected chi connectivity index (χ0v) is 13.3. The van der Waals surface area contributed by atoms with E-state index < -0.39 is 0 Å². The summed E-state index contributed by atoms with van der Waals surface area (Å²) in [6.07, 6.45) is 0.839. The predicted octanol–water partition coefficient (Wildman–Crippen LogP) is 2.73. The zero-order chi connectivity index (χ0) is 14.7. The fraction of sp³-hybridized carbons (Fsp3) is 0.385. The number of nitrogen functional groups attached to an aromatic ring is 1. The average Bonchev–Trinajstić information content (AvgIpc) is 3.04. The van der Waals surface area contributed by atoms with Crippen LogP contribution in [0.5, 0.6) is 0 Å². The van der Waals surface area contributed by atoms with Gasteiger partial charge in [-0.15, -0.1) is 11.3 Å². The lowest BCUT2D eigenvalue weighted by Crippen LogP contribution is -2.27. The van der Waals surface area contributed by atoms with Gasteiger partial charge in [0, 0.05) is 19.0 Å². The van der Waals surface area contributed by atoms with Gasteiger partial charge < -0.3 is 16.0 Å². The molecule has 0 bridgehead atoms. The second-order valence-corrected chi connectivity index (χ2v) is 6.51. The molecule has 1 atom stereocenters. The molecule has 2 rings (SSSR count). The summed E-state index contributed by atoms with van der Waals surface area (Å²) in [5.74, 6) is 0.130. The molecule has 0 aliphatic rings. The van der Waals surface area contributed by atoms with E-state index in [4.69, 9.17) is 5.73 Å². The van der Waals surface area contributed by atoms with Crippen molar-refractivity contribution in [1.82, 2.24) is 10.3 Å². The van der Waals surface area contributed by atoms with E-state index >= 15 is 0 Å². The fourth-order valence-electron chi connectivity index (χ4n) is 1.76. The summed E-state index contributed by atoms with van der Waals surface area (Å²) >= 11 is 2.95. The lowest BCUT2D eigenvalue weighted by atomic mass is 10.2. The predicted molar refractivity (Wildman–Crippen MR) is 85.7 cm³/mol. The number of carbonyl (C=O) groups is 1. The van der Waals surface area contributed by atoms with Crippen molar-refractivity contribution in [2.75, 3.05) is 24.7 Å². The van der Waals surface area contributed by atoms with Crippen LogP contribution in [0.4, 0.5) is 10.9 Å². The summed E-state index contributed by atoms with van der Waals surface area (Å²) in [5, 5.41) is 5.76. The van der Waals surface area contributed by atoms with E-state index in [9.17, 15) is 4.79 Å². The van der Waals surface area contributed by atoms with Gasteiger partial charge >= 0.3 is 0 Å². The lowest BCUT2D eigenvalue weighted by molar-refractivity contribution is 0.0941. The highest BCUT2D eigenvalue weighted by atomic mass is 32.1. The van der Waals surface area contributed by atoms with Crippen molar-refractivity contribution < 1.29 is 4.79 Å². The van der Waals surface area contributed by atoms with E-state index in [0.29, 0.717) is 4.88 Å². The Labute approximate surface area is 126 Å². The lowest BCUT2D eigenvalue weighted by Gasteiger charge is -2.14. The number of carbonyl (C=O) groups excluding carboxylic acids is 1. The third-order valence-corrected chi connectivity index (χ3v) is 5.05. The van der Waals surface area contributed by atoms with E-state index in [2.05, 4.69) is 10.3 Å². The molecule has 2 aromatic rings. The molecule has 5 nitrogen and oxygen atoms in total. The first-order chi connectivity index (χ1) is 9.52. The molecule has 0 spiro atoms. The Morgan fingerprint density at radius 2 is 2.30 bits per heavy atom. The molecule has 0 saturated heterocycles. The monoisotopic (exact) mass is 310 g/mol. The fourth-order valence-corrected chi connectivity index (χ4v) is 3.43. The standard InChI is InChI=1S/C13H18N4OS2/c1-4-8(9-6-5-7-19-9)15-12(18)10-11(14)16-13(20-10)17(2)3/h5-8H,4,14H2,1-3H3,(H,15,18). The molecule has 2 heterocycles. The van der Waals surface area contributed by atoms with E-state index in [0.717, 1.165) is 16.4 Å². The molecule has 20 heavy (non-hydrogen) atoms. The van der Waals surface area contributed by atoms with Crippen molar-refractivity contribution in [3.63, 3.8) is 0 Å². The molecule has 7 heteroatoms. The number of thiazole rings is 1. The van der Waals surface area contributed by atoms with Gasteiger partial charge in [0.2, 0.25) is 0 Å². The number of nitrogens with one attached hydrogen (secondary N) is 1. The van der Waals surface area contributed by atoms with Crippen LogP contribution >= 0.6 is 22.7 Å². The van der Waals surface area contributed by atoms with Gasteiger partial charge in [-0.2, -0.15) is 0 Å². The number of rotatable bonds is 5. The number of nitrogens with two attached hydrogens (primary N) is 1. The van der Waals surface area contributed by atoms with Crippen molar-refractivity contribution in [3.8, 4) is 0 Å². The van der Waals surface area contributed by atoms with Gasteiger partial charge in [0.05, 0.1) is 6.04 Å². The summed E-state index contributed by atoms with van der Waals surface area (Å²) < 4.78 is 0. The highest BCUT2D eigenvalue weighted by Gasteiger charge is 2.20. The van der Waals surface area contributed by atoms with Gasteiger partial charge in [0.1, 0.15) is 10.7 Å². The van der Waals surface area contributed by atoms with Crippen molar-refractivity contribution in [1.29, 1.82) is 0 Å². The molecule has 1 amide bonds. The summed E-state index contributed by atoms with van der Waals surface area (Å²) in [7, 11) is 3.75. The van der Waals surface area contributed by atoms with Crippen LogP contribution in [0.25, 0.3) is 0 Å². The Balaban J connectivity index is 2.15. The quantitative estimate of drug-likeness (QED) is 0.891. The second kappa shape index (κ2) is 6.23. The van der Waals surface area contributed by atoms with Crippen molar-refractivity contribution in [2.24, 2.45) is 0 Å². The maximum absolute atomic E-state index is 12.3. The maximum Gasteiger partial charge on any atom is 0.265 e. The Morgan fingerprint density at radius 3 is 2.80 bits per heavy atom. The molecule has 0 aliphatic heterocycles. The van der Waals surface area contributed by atoms with Crippen LogP contribution in [0, 0.1) is 0 Å². The van der Waals surface area contributed by atoms with Crippen LogP contribution in [-0.4, -0.2) is 25.0 Å². The molecule has 2 aromatic heterocycles. The third kappa shape index (κ3) is 3.10. The SMILES string of the molecule is CCC(NC(=O)c1sc(N(C)C)nc1N)c1cccs1. The topological polar surface area (TPSA) is 71.2 Å². The highest BCUT2D eigenvalue weighted by molar-refractivity contribution is 7.18. The number of hydrogen-bond donors (Lipinski definition) is 2. The van der Waals surface area contributed by atoms with Crippen LogP contribution in [-0.2, 0) is 0 Å². The number of aromatic nitrogens is 1. The number of nitrogens with zero attached hydrogens (tertiary/aromatic N) is 2. The van der Waals surface area contributed by atoms with E-state index in [-0.39, 0.29) is 17.8 Å². The molecular formula is C13H18N4OS2. The first-order valence-corrected chi connectivity index (χ1v) is 8.00.